The van der Waals surface area contributed by atoms with Crippen LogP contribution in [0.1, 0.15) is 18.4 Å². The van der Waals surface area contributed by atoms with Crippen molar-refractivity contribution in [1.82, 2.24) is 20.5 Å². The van der Waals surface area contributed by atoms with E-state index >= 15 is 0 Å². The summed E-state index contributed by atoms with van der Waals surface area (Å²) in [5, 5.41) is 7.33. The van der Waals surface area contributed by atoms with Crippen molar-refractivity contribution in [3.05, 3.63) is 18.0 Å². The average molecular weight is 222 g/mol. The molecule has 1 aliphatic rings. The maximum absolute atomic E-state index is 5.37. The number of nitrogens with two attached hydrogens (primary N) is 1. The molecule has 2 rings (SSSR count). The van der Waals surface area contributed by atoms with Gasteiger partial charge in [-0.25, -0.2) is 5.84 Å². The Hall–Kier alpha value is -1.56. The Morgan fingerprint density at radius 1 is 1.69 bits per heavy atom. The Kier molecular flexibility index (Phi) is 3.40. The molecule has 0 radical (unpaired) electrons. The molecule has 0 aromatic carbocycles. The fourth-order valence-electron chi connectivity index (χ4n) is 1.45. The molecule has 1 heterocycles. The quantitative estimate of drug-likeness (QED) is 0.278. The standard InChI is InChI=1S/C10H18N6/c1-16-7-8(6-13-16)4-5-12-10(15-11)14-9-2-3-9/h6-7,9H,2-5,11H2,1H3,(H2,12,14,15). The van der Waals surface area contributed by atoms with E-state index in [1.54, 1.807) is 4.68 Å². The van der Waals surface area contributed by atoms with E-state index in [2.05, 4.69) is 20.8 Å². The summed E-state index contributed by atoms with van der Waals surface area (Å²) in [6.07, 6.45) is 7.16. The molecule has 1 aliphatic carbocycles. The smallest absolute Gasteiger partial charge is 0.205 e. The highest BCUT2D eigenvalue weighted by molar-refractivity contribution is 5.79. The van der Waals surface area contributed by atoms with Crippen LogP contribution in [-0.4, -0.2) is 28.3 Å². The lowest BCUT2D eigenvalue weighted by molar-refractivity contribution is 0.766. The molecule has 1 saturated carbocycles. The van der Waals surface area contributed by atoms with Crippen LogP contribution in [0.3, 0.4) is 0 Å². The molecule has 0 amide bonds. The molecule has 1 aromatic heterocycles. The third kappa shape index (κ3) is 3.23. The minimum absolute atomic E-state index is 0.563. The molecule has 88 valence electrons. The summed E-state index contributed by atoms with van der Waals surface area (Å²) >= 11 is 0. The molecule has 4 N–H and O–H groups in total. The molecule has 0 atom stereocenters. The first-order chi connectivity index (χ1) is 7.78. The van der Waals surface area contributed by atoms with Gasteiger partial charge in [0.05, 0.1) is 6.20 Å². The molecular weight excluding hydrogens is 204 g/mol. The van der Waals surface area contributed by atoms with Crippen molar-refractivity contribution in [3.63, 3.8) is 0 Å². The van der Waals surface area contributed by atoms with Gasteiger partial charge in [-0.1, -0.05) is 0 Å². The normalized spacial score (nSPS) is 16.2. The first-order valence-electron chi connectivity index (χ1n) is 5.53. The topological polar surface area (TPSA) is 80.3 Å². The molecule has 1 fully saturated rings. The lowest BCUT2D eigenvalue weighted by Crippen LogP contribution is -2.42. The number of aliphatic imine (C=N–C) groups is 1. The zero-order chi connectivity index (χ0) is 11.4. The maximum atomic E-state index is 5.37. The van der Waals surface area contributed by atoms with Crippen LogP contribution in [0.5, 0.6) is 0 Å². The van der Waals surface area contributed by atoms with Gasteiger partial charge in [0.15, 0.2) is 0 Å². The Bertz CT molecular complexity index is 365. The van der Waals surface area contributed by atoms with Crippen LogP contribution in [0, 0.1) is 0 Å². The van der Waals surface area contributed by atoms with E-state index < -0.39 is 0 Å². The summed E-state index contributed by atoms with van der Waals surface area (Å²) in [5.41, 5.74) is 3.77. The van der Waals surface area contributed by atoms with Gasteiger partial charge in [0.1, 0.15) is 0 Å². The number of nitrogens with one attached hydrogen (secondary N) is 2. The second-order valence-electron chi connectivity index (χ2n) is 4.07. The summed E-state index contributed by atoms with van der Waals surface area (Å²) in [5.74, 6) is 6.06. The highest BCUT2D eigenvalue weighted by atomic mass is 15.3. The SMILES string of the molecule is Cn1cc(CCN=C(NN)NC2CC2)cn1. The highest BCUT2D eigenvalue weighted by Crippen LogP contribution is 2.18. The highest BCUT2D eigenvalue weighted by Gasteiger charge is 2.21. The van der Waals surface area contributed by atoms with Gasteiger partial charge in [0.2, 0.25) is 5.96 Å². The molecule has 16 heavy (non-hydrogen) atoms. The van der Waals surface area contributed by atoms with Gasteiger partial charge >= 0.3 is 0 Å². The number of aryl methyl sites for hydroxylation is 1. The summed E-state index contributed by atoms with van der Waals surface area (Å²) < 4.78 is 1.80. The van der Waals surface area contributed by atoms with E-state index in [-0.39, 0.29) is 0 Å². The number of hydrogen-bond acceptors (Lipinski definition) is 3. The van der Waals surface area contributed by atoms with Crippen molar-refractivity contribution in [1.29, 1.82) is 0 Å². The molecule has 0 bridgehead atoms. The van der Waals surface area contributed by atoms with Crippen molar-refractivity contribution in [2.24, 2.45) is 17.9 Å². The zero-order valence-electron chi connectivity index (χ0n) is 9.48. The van der Waals surface area contributed by atoms with Gasteiger partial charge in [0, 0.05) is 25.8 Å². The van der Waals surface area contributed by atoms with Crippen LogP contribution in [0.4, 0.5) is 0 Å². The number of hydrogen-bond donors (Lipinski definition) is 3. The number of aromatic nitrogens is 2. The number of hydrazine groups is 1. The van der Waals surface area contributed by atoms with Crippen LogP contribution in [0.2, 0.25) is 0 Å². The Balaban J connectivity index is 1.77. The molecule has 0 saturated heterocycles. The van der Waals surface area contributed by atoms with Crippen molar-refractivity contribution in [3.8, 4) is 0 Å². The van der Waals surface area contributed by atoms with E-state index in [0.29, 0.717) is 18.5 Å². The van der Waals surface area contributed by atoms with Crippen molar-refractivity contribution >= 4 is 5.96 Å². The van der Waals surface area contributed by atoms with Gasteiger partial charge in [-0.15, -0.1) is 0 Å². The number of guanidine groups is 1. The summed E-state index contributed by atoms with van der Waals surface area (Å²) in [6.45, 7) is 0.713. The van der Waals surface area contributed by atoms with Gasteiger partial charge in [-0.05, 0) is 24.8 Å². The van der Waals surface area contributed by atoms with E-state index in [1.807, 2.05) is 19.4 Å². The first-order valence-corrected chi connectivity index (χ1v) is 5.53. The fraction of sp³-hybridized carbons (Fsp3) is 0.600. The molecule has 6 nitrogen and oxygen atoms in total. The van der Waals surface area contributed by atoms with Crippen LogP contribution < -0.4 is 16.6 Å². The molecule has 6 heteroatoms. The average Bonchev–Trinajstić information content (AvgIpc) is 3.00. The summed E-state index contributed by atoms with van der Waals surface area (Å²) in [6, 6.07) is 0.563. The van der Waals surface area contributed by atoms with Crippen molar-refractivity contribution < 1.29 is 0 Å². The Morgan fingerprint density at radius 2 is 2.50 bits per heavy atom. The van der Waals surface area contributed by atoms with Crippen LogP contribution in [0.15, 0.2) is 17.4 Å². The predicted octanol–water partition coefficient (Wildman–Crippen LogP) is -0.466. The summed E-state index contributed by atoms with van der Waals surface area (Å²) in [7, 11) is 1.91. The predicted molar refractivity (Wildman–Crippen MR) is 62.7 cm³/mol. The van der Waals surface area contributed by atoms with E-state index in [4.69, 9.17) is 5.84 Å². The van der Waals surface area contributed by atoms with Gasteiger partial charge in [0.25, 0.3) is 0 Å². The zero-order valence-corrected chi connectivity index (χ0v) is 9.48. The monoisotopic (exact) mass is 222 g/mol. The largest absolute Gasteiger partial charge is 0.353 e. The van der Waals surface area contributed by atoms with Gasteiger partial charge in [-0.2, -0.15) is 5.10 Å². The first kappa shape index (κ1) is 10.9. The lowest BCUT2D eigenvalue weighted by Gasteiger charge is -2.06. The molecule has 0 aliphatic heterocycles. The second kappa shape index (κ2) is 4.98. The van der Waals surface area contributed by atoms with E-state index in [1.165, 1.54) is 18.4 Å². The third-order valence-electron chi connectivity index (χ3n) is 2.48. The molecular formula is C10H18N6. The summed E-state index contributed by atoms with van der Waals surface area (Å²) in [4.78, 5) is 4.36. The Morgan fingerprint density at radius 3 is 3.06 bits per heavy atom. The molecule has 0 spiro atoms. The van der Waals surface area contributed by atoms with Crippen molar-refractivity contribution in [2.75, 3.05) is 6.54 Å². The van der Waals surface area contributed by atoms with Gasteiger partial charge in [-0.3, -0.25) is 15.1 Å². The number of rotatable bonds is 4. The van der Waals surface area contributed by atoms with Gasteiger partial charge < -0.3 is 5.32 Å². The van der Waals surface area contributed by atoms with E-state index in [0.717, 1.165) is 6.42 Å². The van der Waals surface area contributed by atoms with Crippen LogP contribution in [-0.2, 0) is 13.5 Å². The van der Waals surface area contributed by atoms with E-state index in [9.17, 15) is 0 Å². The fourth-order valence-corrected chi connectivity index (χ4v) is 1.45. The minimum atomic E-state index is 0.563. The third-order valence-corrected chi connectivity index (χ3v) is 2.48. The van der Waals surface area contributed by atoms with Crippen molar-refractivity contribution in [2.45, 2.75) is 25.3 Å². The molecule has 0 unspecified atom stereocenters. The van der Waals surface area contributed by atoms with Crippen LogP contribution >= 0.6 is 0 Å². The number of nitrogens with zero attached hydrogens (tertiary/aromatic N) is 3. The maximum Gasteiger partial charge on any atom is 0.205 e. The molecule has 1 aromatic rings. The minimum Gasteiger partial charge on any atom is -0.353 e. The lowest BCUT2D eigenvalue weighted by atomic mass is 10.3. The van der Waals surface area contributed by atoms with Crippen LogP contribution in [0.25, 0.3) is 0 Å². The second-order valence-corrected chi connectivity index (χ2v) is 4.07. The Labute approximate surface area is 94.9 Å².